The topological polar surface area (TPSA) is 53.1 Å². The first-order valence-corrected chi connectivity index (χ1v) is 8.57. The summed E-state index contributed by atoms with van der Waals surface area (Å²) in [6.07, 6.45) is 1.95. The molecule has 2 amide bonds. The van der Waals surface area contributed by atoms with Gasteiger partial charge >= 0.3 is 0 Å². The molecule has 25 heavy (non-hydrogen) atoms. The number of hydrogen-bond donors (Lipinski definition) is 0. The first-order valence-electron chi connectivity index (χ1n) is 8.57. The molecule has 134 valence electrons. The van der Waals surface area contributed by atoms with Crippen LogP contribution >= 0.6 is 0 Å². The zero-order chi connectivity index (χ0) is 18.1. The molecule has 0 aromatic heterocycles. The van der Waals surface area contributed by atoms with Gasteiger partial charge in [-0.25, -0.2) is 0 Å². The van der Waals surface area contributed by atoms with Crippen LogP contribution in [0.15, 0.2) is 30.0 Å². The van der Waals surface area contributed by atoms with E-state index >= 15 is 0 Å². The van der Waals surface area contributed by atoms with E-state index in [9.17, 15) is 9.59 Å². The van der Waals surface area contributed by atoms with Gasteiger partial charge in [-0.2, -0.15) is 0 Å². The lowest BCUT2D eigenvalue weighted by atomic mass is 9.99. The minimum absolute atomic E-state index is 0.243. The maximum atomic E-state index is 12.8. The summed E-state index contributed by atoms with van der Waals surface area (Å²) in [5.41, 5.74) is 1.58. The Balaban J connectivity index is 2.06. The van der Waals surface area contributed by atoms with Crippen molar-refractivity contribution in [3.05, 3.63) is 35.5 Å². The first-order chi connectivity index (χ1) is 12.0. The van der Waals surface area contributed by atoms with Gasteiger partial charge in [0.25, 0.3) is 11.8 Å². The third kappa shape index (κ3) is 3.02. The predicted octanol–water partition coefficient (Wildman–Crippen LogP) is 1.43. The first kappa shape index (κ1) is 17.5. The minimum Gasteiger partial charge on any atom is -0.496 e. The van der Waals surface area contributed by atoms with Crippen molar-refractivity contribution < 1.29 is 14.3 Å². The van der Waals surface area contributed by atoms with Gasteiger partial charge in [0.15, 0.2) is 0 Å². The fourth-order valence-corrected chi connectivity index (χ4v) is 3.61. The molecule has 0 atom stereocenters. The number of nitrogens with zero attached hydrogens (tertiary/aromatic N) is 3. The van der Waals surface area contributed by atoms with Crippen LogP contribution in [0, 0.1) is 0 Å². The second-order valence-electron chi connectivity index (χ2n) is 6.74. The molecule has 0 spiro atoms. The van der Waals surface area contributed by atoms with Crippen molar-refractivity contribution in [3.8, 4) is 5.75 Å². The molecule has 1 saturated heterocycles. The molecule has 0 saturated carbocycles. The van der Waals surface area contributed by atoms with Crippen LogP contribution in [0.2, 0.25) is 0 Å². The van der Waals surface area contributed by atoms with E-state index < -0.39 is 0 Å². The van der Waals surface area contributed by atoms with E-state index in [-0.39, 0.29) is 17.9 Å². The van der Waals surface area contributed by atoms with E-state index in [4.69, 9.17) is 4.74 Å². The van der Waals surface area contributed by atoms with Crippen molar-refractivity contribution in [3.63, 3.8) is 0 Å². The van der Waals surface area contributed by atoms with Gasteiger partial charge in [-0.1, -0.05) is 18.2 Å². The monoisotopic (exact) mass is 343 g/mol. The van der Waals surface area contributed by atoms with Crippen LogP contribution in [0.4, 0.5) is 0 Å². The fraction of sp³-hybridized carbons (Fsp3) is 0.474. The van der Waals surface area contributed by atoms with E-state index in [1.165, 1.54) is 11.9 Å². The molecule has 0 N–H and O–H groups in total. The number of para-hydroxylation sites is 1. The highest BCUT2D eigenvalue weighted by molar-refractivity contribution is 6.35. The third-order valence-corrected chi connectivity index (χ3v) is 5.23. The number of carbonyl (C=O) groups excluding carboxylic acids is 2. The molecule has 1 aromatic carbocycles. The van der Waals surface area contributed by atoms with Crippen molar-refractivity contribution >= 4 is 17.4 Å². The summed E-state index contributed by atoms with van der Waals surface area (Å²) in [6, 6.07) is 7.61. The normalized spacial score (nSPS) is 19.8. The summed E-state index contributed by atoms with van der Waals surface area (Å²) in [5, 5.41) is 0. The summed E-state index contributed by atoms with van der Waals surface area (Å²) in [4.78, 5) is 31.1. The predicted molar refractivity (Wildman–Crippen MR) is 96.0 cm³/mol. The molecule has 6 nitrogen and oxygen atoms in total. The fourth-order valence-electron chi connectivity index (χ4n) is 3.61. The molecule has 0 aliphatic carbocycles. The summed E-state index contributed by atoms with van der Waals surface area (Å²) in [5.74, 6) is 0.0832. The Bertz CT molecular complexity index is 720. The van der Waals surface area contributed by atoms with Crippen LogP contribution in [0.25, 0.3) is 5.57 Å². The molecule has 2 aliphatic heterocycles. The van der Waals surface area contributed by atoms with Crippen molar-refractivity contribution in [2.45, 2.75) is 18.9 Å². The van der Waals surface area contributed by atoms with Crippen LogP contribution in [-0.4, -0.2) is 73.9 Å². The number of carbonyl (C=O) groups is 2. The van der Waals surface area contributed by atoms with Gasteiger partial charge in [0.1, 0.15) is 11.4 Å². The maximum Gasteiger partial charge on any atom is 0.277 e. The van der Waals surface area contributed by atoms with E-state index in [0.29, 0.717) is 22.6 Å². The Kier molecular flexibility index (Phi) is 4.81. The second-order valence-corrected chi connectivity index (χ2v) is 6.74. The number of likely N-dealkylation sites (tertiary alicyclic amines) is 1. The van der Waals surface area contributed by atoms with E-state index in [1.54, 1.807) is 7.11 Å². The lowest BCUT2D eigenvalue weighted by molar-refractivity contribution is -0.136. The number of likely N-dealkylation sites (N-methyl/N-ethyl adjacent to an activating group) is 2. The highest BCUT2D eigenvalue weighted by Crippen LogP contribution is 2.36. The van der Waals surface area contributed by atoms with E-state index in [1.807, 2.05) is 36.2 Å². The largest absolute Gasteiger partial charge is 0.496 e. The highest BCUT2D eigenvalue weighted by atomic mass is 16.5. The molecule has 2 heterocycles. The number of benzene rings is 1. The van der Waals surface area contributed by atoms with Crippen molar-refractivity contribution in [1.82, 2.24) is 14.7 Å². The molecule has 6 heteroatoms. The Morgan fingerprint density at radius 2 is 1.72 bits per heavy atom. The van der Waals surface area contributed by atoms with Gasteiger partial charge in [0, 0.05) is 25.7 Å². The molecule has 0 bridgehead atoms. The van der Waals surface area contributed by atoms with Gasteiger partial charge in [0.05, 0.1) is 12.7 Å². The molecule has 0 unspecified atom stereocenters. The number of imide groups is 1. The summed E-state index contributed by atoms with van der Waals surface area (Å²) in [6.45, 7) is 1.98. The Morgan fingerprint density at radius 1 is 1.08 bits per heavy atom. The van der Waals surface area contributed by atoms with Crippen LogP contribution in [-0.2, 0) is 9.59 Å². The summed E-state index contributed by atoms with van der Waals surface area (Å²) >= 11 is 0. The molecule has 0 radical (unpaired) electrons. The Labute approximate surface area is 148 Å². The molecule has 1 aromatic rings. The summed E-state index contributed by atoms with van der Waals surface area (Å²) < 4.78 is 5.42. The van der Waals surface area contributed by atoms with Gasteiger partial charge in [-0.05, 0) is 39.0 Å². The van der Waals surface area contributed by atoms with Gasteiger partial charge in [0.2, 0.25) is 0 Å². The van der Waals surface area contributed by atoms with E-state index in [0.717, 1.165) is 25.9 Å². The number of amides is 2. The highest BCUT2D eigenvalue weighted by Gasteiger charge is 2.41. The zero-order valence-electron chi connectivity index (χ0n) is 15.3. The number of ether oxygens (including phenoxy) is 1. The Hall–Kier alpha value is -2.34. The van der Waals surface area contributed by atoms with Crippen molar-refractivity contribution in [2.75, 3.05) is 41.3 Å². The lowest BCUT2D eigenvalue weighted by Gasteiger charge is -2.36. The second kappa shape index (κ2) is 6.88. The SMILES string of the molecule is COc1ccccc1C1=C(N(C)C2CCN(C)CC2)C(=O)N(C)C1=O. The maximum absolute atomic E-state index is 12.8. The molecular formula is C19H25N3O3. The quantitative estimate of drug-likeness (QED) is 0.774. The van der Waals surface area contributed by atoms with Gasteiger partial charge in [-0.3, -0.25) is 14.5 Å². The van der Waals surface area contributed by atoms with Crippen LogP contribution in [0.5, 0.6) is 5.75 Å². The van der Waals surface area contributed by atoms with E-state index in [2.05, 4.69) is 11.9 Å². The van der Waals surface area contributed by atoms with Crippen LogP contribution < -0.4 is 4.74 Å². The number of hydrogen-bond acceptors (Lipinski definition) is 5. The molecular weight excluding hydrogens is 318 g/mol. The third-order valence-electron chi connectivity index (χ3n) is 5.23. The smallest absolute Gasteiger partial charge is 0.277 e. The van der Waals surface area contributed by atoms with Crippen molar-refractivity contribution in [1.29, 1.82) is 0 Å². The molecule has 2 aliphatic rings. The zero-order valence-corrected chi connectivity index (χ0v) is 15.3. The van der Waals surface area contributed by atoms with Gasteiger partial charge < -0.3 is 14.5 Å². The van der Waals surface area contributed by atoms with Crippen molar-refractivity contribution in [2.24, 2.45) is 0 Å². The molecule has 3 rings (SSSR count). The average molecular weight is 343 g/mol. The van der Waals surface area contributed by atoms with Gasteiger partial charge in [-0.15, -0.1) is 0 Å². The Morgan fingerprint density at radius 3 is 2.36 bits per heavy atom. The number of piperidine rings is 1. The number of methoxy groups -OCH3 is 1. The van der Waals surface area contributed by atoms with Crippen LogP contribution in [0.1, 0.15) is 18.4 Å². The lowest BCUT2D eigenvalue weighted by Crippen LogP contribution is -2.43. The molecule has 1 fully saturated rings. The average Bonchev–Trinajstić information content (AvgIpc) is 2.85. The summed E-state index contributed by atoms with van der Waals surface area (Å²) in [7, 11) is 7.14. The van der Waals surface area contributed by atoms with Crippen LogP contribution in [0.3, 0.4) is 0 Å². The number of rotatable bonds is 4. The minimum atomic E-state index is -0.274. The standard InChI is InChI=1S/C19H25N3O3/c1-20-11-9-13(10-12-20)21(2)17-16(18(23)22(3)19(17)24)14-7-5-6-8-15(14)25-4/h5-8,13H,9-12H2,1-4H3.